The molecule has 0 saturated heterocycles. The molecule has 0 bridgehead atoms. The van der Waals surface area contributed by atoms with Gasteiger partial charge in [0, 0.05) is 18.9 Å². The van der Waals surface area contributed by atoms with Crippen LogP contribution in [-0.2, 0) is 9.59 Å². The lowest BCUT2D eigenvalue weighted by molar-refractivity contribution is -0.124. The van der Waals surface area contributed by atoms with Crippen molar-refractivity contribution in [3.05, 3.63) is 35.4 Å². The number of hydrogen-bond acceptors (Lipinski definition) is 3. The molecule has 1 aliphatic rings. The van der Waals surface area contributed by atoms with Crippen LogP contribution >= 0.6 is 0 Å². The zero-order valence-corrected chi connectivity index (χ0v) is 11.8. The van der Waals surface area contributed by atoms with Gasteiger partial charge in [-0.1, -0.05) is 0 Å². The second kappa shape index (κ2) is 6.64. The minimum Gasteiger partial charge on any atom is -0.368 e. The first-order valence-corrected chi connectivity index (χ1v) is 6.95. The molecule has 2 amide bonds. The largest absolute Gasteiger partial charge is 0.368 e. The lowest BCUT2D eigenvalue weighted by atomic mass is 9.82. The smallest absolute Gasteiger partial charge is 0.254 e. The van der Waals surface area contributed by atoms with E-state index in [1.54, 1.807) is 0 Å². The van der Waals surface area contributed by atoms with Crippen molar-refractivity contribution >= 4 is 17.6 Å². The second-order valence-electron chi connectivity index (χ2n) is 5.37. The highest BCUT2D eigenvalue weighted by atomic mass is 19.1. The van der Waals surface area contributed by atoms with Crippen LogP contribution in [0.15, 0.2) is 18.2 Å². The van der Waals surface area contributed by atoms with Gasteiger partial charge in [-0.3, -0.25) is 14.4 Å². The highest BCUT2D eigenvalue weighted by molar-refractivity contribution is 5.97. The van der Waals surface area contributed by atoms with Gasteiger partial charge in [0.25, 0.3) is 5.91 Å². The Kier molecular flexibility index (Phi) is 4.85. The lowest BCUT2D eigenvalue weighted by Crippen LogP contribution is -2.50. The molecule has 1 aliphatic carbocycles. The highest BCUT2D eigenvalue weighted by Gasteiger charge is 2.32. The molecular formula is C15H16F2N2O3. The molecule has 7 heteroatoms. The van der Waals surface area contributed by atoms with Crippen LogP contribution < -0.4 is 11.1 Å². The van der Waals surface area contributed by atoms with Crippen molar-refractivity contribution in [2.75, 3.05) is 0 Å². The zero-order chi connectivity index (χ0) is 16.3. The van der Waals surface area contributed by atoms with Gasteiger partial charge >= 0.3 is 0 Å². The van der Waals surface area contributed by atoms with Crippen LogP contribution in [0.5, 0.6) is 0 Å². The van der Waals surface area contributed by atoms with Crippen molar-refractivity contribution in [3.63, 3.8) is 0 Å². The summed E-state index contributed by atoms with van der Waals surface area (Å²) in [5, 5.41) is 2.36. The number of nitrogens with two attached hydrogens (primary N) is 1. The maximum atomic E-state index is 13.6. The average Bonchev–Trinajstić information content (AvgIpc) is 2.44. The third-order valence-corrected chi connectivity index (χ3v) is 3.76. The predicted molar refractivity (Wildman–Crippen MR) is 73.8 cm³/mol. The average molecular weight is 310 g/mol. The van der Waals surface area contributed by atoms with Gasteiger partial charge in [0.05, 0.1) is 5.56 Å². The van der Waals surface area contributed by atoms with Crippen LogP contribution in [0, 0.1) is 17.6 Å². The van der Waals surface area contributed by atoms with Gasteiger partial charge in [-0.15, -0.1) is 0 Å². The maximum Gasteiger partial charge on any atom is 0.254 e. The Morgan fingerprint density at radius 3 is 2.64 bits per heavy atom. The molecule has 0 aliphatic heterocycles. The van der Waals surface area contributed by atoms with E-state index in [0.29, 0.717) is 25.3 Å². The molecule has 1 aromatic carbocycles. The Hall–Kier alpha value is -2.31. The number of halogens is 2. The minimum atomic E-state index is -1.05. The van der Waals surface area contributed by atoms with E-state index in [1.807, 2.05) is 0 Å². The Bertz CT molecular complexity index is 619. The molecular weight excluding hydrogens is 294 g/mol. The highest BCUT2D eigenvalue weighted by Crippen LogP contribution is 2.24. The molecule has 22 heavy (non-hydrogen) atoms. The number of Topliss-reactive ketones (excluding diaryl/α,β-unsaturated/α-hetero) is 1. The van der Waals surface area contributed by atoms with Gasteiger partial charge in [-0.25, -0.2) is 8.78 Å². The topological polar surface area (TPSA) is 89.3 Å². The molecule has 1 aromatic rings. The van der Waals surface area contributed by atoms with E-state index in [0.717, 1.165) is 12.1 Å². The van der Waals surface area contributed by atoms with Crippen molar-refractivity contribution in [2.24, 2.45) is 11.7 Å². The van der Waals surface area contributed by atoms with Crippen LogP contribution in [-0.4, -0.2) is 23.6 Å². The first-order chi connectivity index (χ1) is 10.4. The Morgan fingerprint density at radius 2 is 2.05 bits per heavy atom. The minimum absolute atomic E-state index is 0.00436. The van der Waals surface area contributed by atoms with Crippen LogP contribution in [0.25, 0.3) is 0 Å². The molecule has 0 heterocycles. The molecule has 1 fully saturated rings. The molecule has 0 spiro atoms. The summed E-state index contributed by atoms with van der Waals surface area (Å²) in [5.74, 6) is -3.87. The first kappa shape index (κ1) is 16.1. The SMILES string of the molecule is NC(=O)[C@H](NC(=O)c1ccc(F)cc1F)[C@@H]1CCCC(=O)C1. The first-order valence-electron chi connectivity index (χ1n) is 6.95. The van der Waals surface area contributed by atoms with Crippen molar-refractivity contribution in [1.82, 2.24) is 5.32 Å². The fourth-order valence-electron chi connectivity index (χ4n) is 2.66. The Morgan fingerprint density at radius 1 is 1.32 bits per heavy atom. The monoisotopic (exact) mass is 310 g/mol. The summed E-state index contributed by atoms with van der Waals surface area (Å²) in [6, 6.07) is 1.46. The van der Waals surface area contributed by atoms with E-state index in [2.05, 4.69) is 5.32 Å². The number of carbonyl (C=O) groups excluding carboxylic acids is 3. The lowest BCUT2D eigenvalue weighted by Gasteiger charge is -2.28. The fraction of sp³-hybridized carbons (Fsp3) is 0.400. The number of nitrogens with one attached hydrogen (secondary N) is 1. The standard InChI is InChI=1S/C15H16F2N2O3/c16-9-4-5-11(12(17)7-9)15(22)19-13(14(18)21)8-2-1-3-10(20)6-8/h4-5,7-8,13H,1-3,6H2,(H2,18,21)(H,19,22)/t8-,13-/m1/s1. The van der Waals surface area contributed by atoms with Crippen molar-refractivity contribution < 1.29 is 23.2 Å². The van der Waals surface area contributed by atoms with Crippen molar-refractivity contribution in [2.45, 2.75) is 31.7 Å². The number of carbonyl (C=O) groups is 3. The molecule has 0 radical (unpaired) electrons. The van der Waals surface area contributed by atoms with Gasteiger partial charge < -0.3 is 11.1 Å². The molecule has 5 nitrogen and oxygen atoms in total. The summed E-state index contributed by atoms with van der Waals surface area (Å²) in [4.78, 5) is 35.1. The number of primary amides is 1. The molecule has 118 valence electrons. The fourth-order valence-corrected chi connectivity index (χ4v) is 2.66. The normalized spacial score (nSPS) is 19.5. The van der Waals surface area contributed by atoms with Gasteiger partial charge in [-0.05, 0) is 30.9 Å². The van der Waals surface area contributed by atoms with Crippen LogP contribution in [0.1, 0.15) is 36.0 Å². The summed E-state index contributed by atoms with van der Waals surface area (Å²) < 4.78 is 26.4. The maximum absolute atomic E-state index is 13.6. The molecule has 2 rings (SSSR count). The summed E-state index contributed by atoms with van der Waals surface area (Å²) in [7, 11) is 0. The Labute approximate surface area is 125 Å². The summed E-state index contributed by atoms with van der Waals surface area (Å²) in [6.07, 6.45) is 1.79. The van der Waals surface area contributed by atoms with Gasteiger partial charge in [0.1, 0.15) is 23.5 Å². The van der Waals surface area contributed by atoms with E-state index < -0.39 is 35.4 Å². The quantitative estimate of drug-likeness (QED) is 0.878. The van der Waals surface area contributed by atoms with Gasteiger partial charge in [0.2, 0.25) is 5.91 Å². The third-order valence-electron chi connectivity index (χ3n) is 3.76. The van der Waals surface area contributed by atoms with Crippen LogP contribution in [0.2, 0.25) is 0 Å². The number of amides is 2. The molecule has 3 N–H and O–H groups in total. The molecule has 0 unspecified atom stereocenters. The number of benzene rings is 1. The van der Waals surface area contributed by atoms with E-state index in [1.165, 1.54) is 0 Å². The number of hydrogen-bond donors (Lipinski definition) is 2. The van der Waals surface area contributed by atoms with Crippen LogP contribution in [0.4, 0.5) is 8.78 Å². The summed E-state index contributed by atoms with van der Waals surface area (Å²) >= 11 is 0. The van der Waals surface area contributed by atoms with E-state index >= 15 is 0 Å². The van der Waals surface area contributed by atoms with Crippen molar-refractivity contribution in [3.8, 4) is 0 Å². The predicted octanol–water partition coefficient (Wildman–Crippen LogP) is 1.31. The van der Waals surface area contributed by atoms with E-state index in [4.69, 9.17) is 5.73 Å². The summed E-state index contributed by atoms with van der Waals surface area (Å²) in [6.45, 7) is 0. The number of rotatable bonds is 4. The van der Waals surface area contributed by atoms with Gasteiger partial charge in [0.15, 0.2) is 0 Å². The molecule has 1 saturated carbocycles. The summed E-state index contributed by atoms with van der Waals surface area (Å²) in [5.41, 5.74) is 4.90. The zero-order valence-electron chi connectivity index (χ0n) is 11.8. The second-order valence-corrected chi connectivity index (χ2v) is 5.37. The van der Waals surface area contributed by atoms with E-state index in [-0.39, 0.29) is 17.8 Å². The molecule has 0 aromatic heterocycles. The number of ketones is 1. The molecule has 2 atom stereocenters. The van der Waals surface area contributed by atoms with E-state index in [9.17, 15) is 23.2 Å². The van der Waals surface area contributed by atoms with Gasteiger partial charge in [-0.2, -0.15) is 0 Å². The Balaban J connectivity index is 2.15. The van der Waals surface area contributed by atoms with Crippen LogP contribution in [0.3, 0.4) is 0 Å². The van der Waals surface area contributed by atoms with Crippen molar-refractivity contribution in [1.29, 1.82) is 0 Å². The third kappa shape index (κ3) is 3.66.